The van der Waals surface area contributed by atoms with Gasteiger partial charge in [-0.25, -0.2) is 0 Å². The summed E-state index contributed by atoms with van der Waals surface area (Å²) >= 11 is 0. The minimum absolute atomic E-state index is 0.773. The predicted molar refractivity (Wildman–Crippen MR) is 94.3 cm³/mol. The average molecular weight is 330 g/mol. The van der Waals surface area contributed by atoms with Gasteiger partial charge in [0.2, 0.25) is 0 Å². The molecule has 0 bridgehead atoms. The van der Waals surface area contributed by atoms with E-state index in [1.165, 1.54) is 11.1 Å². The Morgan fingerprint density at radius 2 is 2.12 bits per heavy atom. The number of aryl methyl sites for hydroxylation is 1. The van der Waals surface area contributed by atoms with Crippen LogP contribution in [0.25, 0.3) is 0 Å². The maximum atomic E-state index is 5.53. The quantitative estimate of drug-likeness (QED) is 0.844. The highest BCUT2D eigenvalue weighted by Gasteiger charge is 2.14. The minimum atomic E-state index is 0.773. The van der Waals surface area contributed by atoms with E-state index in [9.17, 15) is 0 Å². The number of nitrogens with zero attached hydrogens (tertiary/aromatic N) is 3. The highest BCUT2D eigenvalue weighted by molar-refractivity contribution is 5.42. The molecule has 0 amide bonds. The van der Waals surface area contributed by atoms with Gasteiger partial charge in [-0.05, 0) is 24.6 Å². The summed E-state index contributed by atoms with van der Waals surface area (Å²) in [6.07, 6.45) is 3.89. The zero-order chi connectivity index (χ0) is 16.8. The molecule has 0 aliphatic carbocycles. The molecule has 2 heterocycles. The van der Waals surface area contributed by atoms with E-state index in [0.29, 0.717) is 0 Å². The van der Waals surface area contributed by atoms with Crippen molar-refractivity contribution in [2.45, 2.75) is 26.6 Å². The molecule has 1 aliphatic heterocycles. The monoisotopic (exact) mass is 330 g/mol. The first kappa shape index (κ1) is 16.8. The molecule has 0 spiro atoms. The summed E-state index contributed by atoms with van der Waals surface area (Å²) in [5.74, 6) is 0.948. The molecule has 2 aromatic rings. The number of hydrogen-bond acceptors (Lipinski definition) is 5. The van der Waals surface area contributed by atoms with Crippen molar-refractivity contribution < 1.29 is 9.47 Å². The molecule has 1 aromatic carbocycles. The van der Waals surface area contributed by atoms with Gasteiger partial charge in [0.05, 0.1) is 32.2 Å². The second-order valence-electron chi connectivity index (χ2n) is 5.97. The first-order valence-corrected chi connectivity index (χ1v) is 8.50. The van der Waals surface area contributed by atoms with Gasteiger partial charge in [-0.1, -0.05) is 6.07 Å². The number of ether oxygens (including phenoxy) is 2. The molecule has 0 saturated carbocycles. The lowest BCUT2D eigenvalue weighted by atomic mass is 10.1. The molecule has 1 N–H and O–H groups in total. The standard InChI is InChI=1S/C18H26N4O2/c1-3-22-14-17(12-20-22)19-11-15-4-5-18(23-2)16(10-15)13-21-6-8-24-9-7-21/h4-5,10,12,14,19H,3,6-9,11,13H2,1-2H3. The SMILES string of the molecule is CCn1cc(NCc2ccc(OC)c(CN3CCOCC3)c2)cn1. The van der Waals surface area contributed by atoms with Gasteiger partial charge < -0.3 is 14.8 Å². The molecule has 6 nitrogen and oxygen atoms in total. The number of aromatic nitrogens is 2. The molecule has 0 radical (unpaired) electrons. The van der Waals surface area contributed by atoms with Crippen molar-refractivity contribution in [1.82, 2.24) is 14.7 Å². The second kappa shape index (κ2) is 8.17. The van der Waals surface area contributed by atoms with Gasteiger partial charge >= 0.3 is 0 Å². The van der Waals surface area contributed by atoms with Gasteiger partial charge in [-0.3, -0.25) is 9.58 Å². The lowest BCUT2D eigenvalue weighted by Gasteiger charge is -2.27. The van der Waals surface area contributed by atoms with Crippen LogP contribution in [0.3, 0.4) is 0 Å². The molecule has 1 fully saturated rings. The molecule has 1 aliphatic rings. The third-order valence-electron chi connectivity index (χ3n) is 4.30. The number of benzene rings is 1. The fourth-order valence-electron chi connectivity index (χ4n) is 2.90. The second-order valence-corrected chi connectivity index (χ2v) is 5.97. The lowest BCUT2D eigenvalue weighted by molar-refractivity contribution is 0.0339. The zero-order valence-corrected chi connectivity index (χ0v) is 14.5. The number of methoxy groups -OCH3 is 1. The van der Waals surface area contributed by atoms with Crippen molar-refractivity contribution >= 4 is 5.69 Å². The van der Waals surface area contributed by atoms with E-state index in [1.807, 2.05) is 17.1 Å². The molecule has 130 valence electrons. The van der Waals surface area contributed by atoms with Crippen LogP contribution in [-0.2, 0) is 24.4 Å². The highest BCUT2D eigenvalue weighted by atomic mass is 16.5. The van der Waals surface area contributed by atoms with Crippen molar-refractivity contribution in [1.29, 1.82) is 0 Å². The molecule has 0 unspecified atom stereocenters. The number of hydrogen-bond donors (Lipinski definition) is 1. The van der Waals surface area contributed by atoms with E-state index in [4.69, 9.17) is 9.47 Å². The topological polar surface area (TPSA) is 51.5 Å². The van der Waals surface area contributed by atoms with E-state index in [-0.39, 0.29) is 0 Å². The minimum Gasteiger partial charge on any atom is -0.496 e. The number of rotatable bonds is 7. The Bertz CT molecular complexity index is 650. The largest absolute Gasteiger partial charge is 0.496 e. The molecular formula is C18H26N4O2. The van der Waals surface area contributed by atoms with Gasteiger partial charge in [0, 0.05) is 44.5 Å². The van der Waals surface area contributed by atoms with Crippen LogP contribution < -0.4 is 10.1 Å². The Labute approximate surface area is 143 Å². The Balaban J connectivity index is 1.65. The number of anilines is 1. The van der Waals surface area contributed by atoms with E-state index in [2.05, 4.69) is 40.4 Å². The molecule has 0 atom stereocenters. The number of nitrogens with one attached hydrogen (secondary N) is 1. The Hall–Kier alpha value is -2.05. The van der Waals surface area contributed by atoms with Crippen LogP contribution in [0.4, 0.5) is 5.69 Å². The van der Waals surface area contributed by atoms with Crippen LogP contribution in [0.1, 0.15) is 18.1 Å². The van der Waals surface area contributed by atoms with Gasteiger partial charge in [-0.2, -0.15) is 5.10 Å². The summed E-state index contributed by atoms with van der Waals surface area (Å²) in [5.41, 5.74) is 3.51. The fourth-order valence-corrected chi connectivity index (χ4v) is 2.90. The lowest BCUT2D eigenvalue weighted by Crippen LogP contribution is -2.35. The Morgan fingerprint density at radius 1 is 1.29 bits per heavy atom. The van der Waals surface area contributed by atoms with Crippen molar-refractivity contribution in [3.05, 3.63) is 41.7 Å². The third kappa shape index (κ3) is 4.27. The highest BCUT2D eigenvalue weighted by Crippen LogP contribution is 2.22. The van der Waals surface area contributed by atoms with E-state index in [1.54, 1.807) is 7.11 Å². The Kier molecular flexibility index (Phi) is 5.72. The summed E-state index contributed by atoms with van der Waals surface area (Å²) < 4.78 is 12.9. The normalized spacial score (nSPS) is 15.4. The van der Waals surface area contributed by atoms with Gasteiger partial charge in [0.1, 0.15) is 5.75 Å². The Morgan fingerprint density at radius 3 is 2.83 bits per heavy atom. The maximum absolute atomic E-state index is 5.53. The molecule has 1 aromatic heterocycles. The van der Waals surface area contributed by atoms with E-state index >= 15 is 0 Å². The summed E-state index contributed by atoms with van der Waals surface area (Å²) in [5, 5.41) is 7.71. The van der Waals surface area contributed by atoms with Crippen LogP contribution in [0.2, 0.25) is 0 Å². The van der Waals surface area contributed by atoms with Gasteiger partial charge in [-0.15, -0.1) is 0 Å². The van der Waals surface area contributed by atoms with Crippen molar-refractivity contribution in [2.75, 3.05) is 38.7 Å². The first-order valence-electron chi connectivity index (χ1n) is 8.50. The third-order valence-corrected chi connectivity index (χ3v) is 4.30. The molecule has 3 rings (SSSR count). The molecule has 1 saturated heterocycles. The van der Waals surface area contributed by atoms with Crippen LogP contribution in [0, 0.1) is 0 Å². The fraction of sp³-hybridized carbons (Fsp3) is 0.500. The van der Waals surface area contributed by atoms with Crippen LogP contribution in [0.15, 0.2) is 30.6 Å². The van der Waals surface area contributed by atoms with Crippen LogP contribution >= 0.6 is 0 Å². The summed E-state index contributed by atoms with van der Waals surface area (Å²) in [7, 11) is 1.73. The maximum Gasteiger partial charge on any atom is 0.123 e. The molecule has 6 heteroatoms. The van der Waals surface area contributed by atoms with E-state index in [0.717, 1.165) is 57.4 Å². The molecule has 24 heavy (non-hydrogen) atoms. The summed E-state index contributed by atoms with van der Waals surface area (Å²) in [4.78, 5) is 2.41. The summed E-state index contributed by atoms with van der Waals surface area (Å²) in [6, 6.07) is 6.40. The first-order chi connectivity index (χ1) is 11.8. The molecular weight excluding hydrogens is 304 g/mol. The predicted octanol–water partition coefficient (Wildman–Crippen LogP) is 2.36. The smallest absolute Gasteiger partial charge is 0.123 e. The van der Waals surface area contributed by atoms with Crippen LogP contribution in [0.5, 0.6) is 5.75 Å². The number of morpholine rings is 1. The zero-order valence-electron chi connectivity index (χ0n) is 14.5. The summed E-state index contributed by atoms with van der Waals surface area (Å²) in [6.45, 7) is 8.20. The average Bonchev–Trinajstić information content (AvgIpc) is 3.09. The van der Waals surface area contributed by atoms with Gasteiger partial charge in [0.15, 0.2) is 0 Å². The van der Waals surface area contributed by atoms with Crippen molar-refractivity contribution in [3.63, 3.8) is 0 Å². The van der Waals surface area contributed by atoms with E-state index < -0.39 is 0 Å². The van der Waals surface area contributed by atoms with Crippen molar-refractivity contribution in [2.24, 2.45) is 0 Å². The van der Waals surface area contributed by atoms with Crippen LogP contribution in [-0.4, -0.2) is 48.1 Å². The van der Waals surface area contributed by atoms with Crippen molar-refractivity contribution in [3.8, 4) is 5.75 Å². The van der Waals surface area contributed by atoms with Gasteiger partial charge in [0.25, 0.3) is 0 Å².